The maximum absolute atomic E-state index is 13.7. The number of aryl methyl sites for hydroxylation is 1. The van der Waals surface area contributed by atoms with Crippen molar-refractivity contribution in [3.63, 3.8) is 0 Å². The summed E-state index contributed by atoms with van der Waals surface area (Å²) < 4.78 is 15.3. The van der Waals surface area contributed by atoms with Gasteiger partial charge in [-0.3, -0.25) is 4.79 Å². The van der Waals surface area contributed by atoms with Gasteiger partial charge in [-0.15, -0.1) is 0 Å². The van der Waals surface area contributed by atoms with E-state index in [2.05, 4.69) is 5.10 Å². The van der Waals surface area contributed by atoms with Crippen LogP contribution in [0.1, 0.15) is 34.6 Å². The second-order valence-electron chi connectivity index (χ2n) is 5.29. The minimum absolute atomic E-state index is 0.185. The molecule has 2 rings (SSSR count). The molecule has 1 amide bonds. The fourth-order valence-electron chi connectivity index (χ4n) is 2.05. The van der Waals surface area contributed by atoms with Gasteiger partial charge < -0.3 is 10.6 Å². The predicted octanol–water partition coefficient (Wildman–Crippen LogP) is 2.04. The van der Waals surface area contributed by atoms with Crippen molar-refractivity contribution in [3.8, 4) is 5.69 Å². The molecule has 0 aliphatic carbocycles. The van der Waals surface area contributed by atoms with Crippen molar-refractivity contribution in [1.82, 2.24) is 14.7 Å². The highest BCUT2D eigenvalue weighted by atomic mass is 19.1. The van der Waals surface area contributed by atoms with Crippen LogP contribution >= 0.6 is 0 Å². The van der Waals surface area contributed by atoms with E-state index in [1.54, 1.807) is 51.0 Å². The quantitative estimate of drug-likeness (QED) is 0.941. The number of benzene rings is 1. The number of aromatic nitrogens is 2. The molecule has 1 aromatic carbocycles. The molecule has 0 saturated heterocycles. The monoisotopic (exact) mass is 290 g/mol. The van der Waals surface area contributed by atoms with Crippen LogP contribution in [0.15, 0.2) is 24.4 Å². The van der Waals surface area contributed by atoms with Crippen LogP contribution in [0.2, 0.25) is 0 Å². The molecule has 0 saturated carbocycles. The van der Waals surface area contributed by atoms with E-state index in [-0.39, 0.29) is 17.8 Å². The van der Waals surface area contributed by atoms with Crippen molar-refractivity contribution in [1.29, 1.82) is 0 Å². The average molecular weight is 290 g/mol. The first-order valence-corrected chi connectivity index (χ1v) is 6.64. The maximum Gasteiger partial charge on any atom is 0.273 e. The molecule has 0 spiro atoms. The third-order valence-electron chi connectivity index (χ3n) is 3.26. The summed E-state index contributed by atoms with van der Waals surface area (Å²) in [7, 11) is 3.33. The van der Waals surface area contributed by atoms with Gasteiger partial charge in [0.25, 0.3) is 5.91 Å². The zero-order valence-corrected chi connectivity index (χ0v) is 12.6. The van der Waals surface area contributed by atoms with Crippen molar-refractivity contribution in [2.45, 2.75) is 19.9 Å². The first kappa shape index (κ1) is 15.2. The number of carbonyl (C=O) groups excluding carboxylic acids is 1. The Bertz CT molecular complexity index is 676. The molecule has 0 aliphatic heterocycles. The van der Waals surface area contributed by atoms with Crippen LogP contribution in [0.5, 0.6) is 0 Å². The van der Waals surface area contributed by atoms with Gasteiger partial charge in [0.15, 0.2) is 5.69 Å². The van der Waals surface area contributed by atoms with E-state index in [4.69, 9.17) is 5.73 Å². The molecular formula is C15H19FN4O. The Morgan fingerprint density at radius 1 is 1.43 bits per heavy atom. The second-order valence-corrected chi connectivity index (χ2v) is 5.29. The molecule has 21 heavy (non-hydrogen) atoms. The van der Waals surface area contributed by atoms with Gasteiger partial charge in [0, 0.05) is 26.3 Å². The minimum Gasteiger partial charge on any atom is -0.343 e. The van der Waals surface area contributed by atoms with Crippen LogP contribution in [-0.2, 0) is 0 Å². The lowest BCUT2D eigenvalue weighted by Gasteiger charge is -2.14. The molecule has 1 unspecified atom stereocenters. The van der Waals surface area contributed by atoms with E-state index >= 15 is 0 Å². The molecule has 1 atom stereocenters. The number of halogens is 1. The Balaban J connectivity index is 2.52. The van der Waals surface area contributed by atoms with Crippen LogP contribution in [0.25, 0.3) is 5.69 Å². The number of nitrogens with zero attached hydrogens (tertiary/aromatic N) is 3. The smallest absolute Gasteiger partial charge is 0.273 e. The lowest BCUT2D eigenvalue weighted by Crippen LogP contribution is -2.22. The highest BCUT2D eigenvalue weighted by Crippen LogP contribution is 2.23. The van der Waals surface area contributed by atoms with Crippen LogP contribution in [-0.4, -0.2) is 34.7 Å². The van der Waals surface area contributed by atoms with Gasteiger partial charge in [-0.05, 0) is 43.2 Å². The standard InChI is InChI=1S/C15H19FN4O/c1-9-7-14(11(10(2)17)8-12(9)16)20-6-5-13(18-20)15(21)19(3)4/h5-8,10H,17H2,1-4H3. The summed E-state index contributed by atoms with van der Waals surface area (Å²) in [4.78, 5) is 13.3. The Labute approximate surface area is 123 Å². The topological polar surface area (TPSA) is 64.2 Å². The molecule has 5 nitrogen and oxygen atoms in total. The third-order valence-corrected chi connectivity index (χ3v) is 3.26. The van der Waals surface area contributed by atoms with Crippen LogP contribution < -0.4 is 5.73 Å². The first-order valence-electron chi connectivity index (χ1n) is 6.64. The van der Waals surface area contributed by atoms with Crippen molar-refractivity contribution < 1.29 is 9.18 Å². The molecule has 0 bridgehead atoms. The zero-order valence-electron chi connectivity index (χ0n) is 12.6. The third kappa shape index (κ3) is 2.95. The van der Waals surface area contributed by atoms with Gasteiger partial charge in [-0.2, -0.15) is 5.10 Å². The lowest BCUT2D eigenvalue weighted by molar-refractivity contribution is 0.0821. The van der Waals surface area contributed by atoms with Crippen LogP contribution in [0, 0.1) is 12.7 Å². The van der Waals surface area contributed by atoms with Gasteiger partial charge >= 0.3 is 0 Å². The molecule has 0 fully saturated rings. The summed E-state index contributed by atoms with van der Waals surface area (Å²) in [6, 6.07) is 4.40. The SMILES string of the molecule is Cc1cc(-n2ccc(C(=O)N(C)C)n2)c(C(C)N)cc1F. The van der Waals surface area contributed by atoms with Crippen molar-refractivity contribution in [2.75, 3.05) is 14.1 Å². The second kappa shape index (κ2) is 5.65. The fraction of sp³-hybridized carbons (Fsp3) is 0.333. The Morgan fingerprint density at radius 3 is 2.67 bits per heavy atom. The Hall–Kier alpha value is -2.21. The maximum atomic E-state index is 13.7. The normalized spacial score (nSPS) is 12.3. The molecule has 1 heterocycles. The molecule has 2 aromatic rings. The van der Waals surface area contributed by atoms with Gasteiger partial charge in [-0.1, -0.05) is 0 Å². The molecule has 1 aromatic heterocycles. The molecule has 6 heteroatoms. The van der Waals surface area contributed by atoms with Gasteiger partial charge in [-0.25, -0.2) is 9.07 Å². The van der Waals surface area contributed by atoms with E-state index in [1.807, 2.05) is 0 Å². The van der Waals surface area contributed by atoms with Crippen molar-refractivity contribution in [2.24, 2.45) is 5.73 Å². The summed E-state index contributed by atoms with van der Waals surface area (Å²) in [5.41, 5.74) is 8.06. The largest absolute Gasteiger partial charge is 0.343 e. The summed E-state index contributed by atoms with van der Waals surface area (Å²) in [6.45, 7) is 3.46. The van der Waals surface area contributed by atoms with Crippen molar-refractivity contribution in [3.05, 3.63) is 47.0 Å². The number of hydrogen-bond donors (Lipinski definition) is 1. The minimum atomic E-state index is -0.340. The average Bonchev–Trinajstić information content (AvgIpc) is 2.89. The number of hydrogen-bond acceptors (Lipinski definition) is 3. The van der Waals surface area contributed by atoms with Crippen LogP contribution in [0.4, 0.5) is 4.39 Å². The molecule has 112 valence electrons. The summed E-state index contributed by atoms with van der Waals surface area (Å²) in [6.07, 6.45) is 1.68. The van der Waals surface area contributed by atoms with Crippen LogP contribution in [0.3, 0.4) is 0 Å². The molecule has 0 radical (unpaired) electrons. The molecule has 0 aliphatic rings. The number of nitrogens with two attached hydrogens (primary N) is 1. The summed E-state index contributed by atoms with van der Waals surface area (Å²) in [5.74, 6) is -0.488. The van der Waals surface area contributed by atoms with Gasteiger partial charge in [0.05, 0.1) is 5.69 Å². The van der Waals surface area contributed by atoms with Gasteiger partial charge in [0.1, 0.15) is 5.82 Å². The summed E-state index contributed by atoms with van der Waals surface area (Å²) >= 11 is 0. The molecule has 2 N–H and O–H groups in total. The van der Waals surface area contributed by atoms with E-state index in [9.17, 15) is 9.18 Å². The summed E-state index contributed by atoms with van der Waals surface area (Å²) in [5, 5.41) is 4.26. The number of rotatable bonds is 3. The fourth-order valence-corrected chi connectivity index (χ4v) is 2.05. The Morgan fingerprint density at radius 2 is 2.10 bits per heavy atom. The molecular weight excluding hydrogens is 271 g/mol. The highest BCUT2D eigenvalue weighted by Gasteiger charge is 2.16. The van der Waals surface area contributed by atoms with Gasteiger partial charge in [0.2, 0.25) is 0 Å². The van der Waals surface area contributed by atoms with Crippen molar-refractivity contribution >= 4 is 5.91 Å². The zero-order chi connectivity index (χ0) is 15.7. The Kier molecular flexibility index (Phi) is 4.09. The predicted molar refractivity (Wildman–Crippen MR) is 78.9 cm³/mol. The first-order chi connectivity index (χ1) is 9.81. The number of amides is 1. The number of carbonyl (C=O) groups is 1. The van der Waals surface area contributed by atoms with E-state index < -0.39 is 0 Å². The van der Waals surface area contributed by atoms with E-state index in [1.165, 1.54) is 11.0 Å². The highest BCUT2D eigenvalue weighted by molar-refractivity contribution is 5.91. The van der Waals surface area contributed by atoms with E-state index in [0.717, 1.165) is 0 Å². The van der Waals surface area contributed by atoms with E-state index in [0.29, 0.717) is 22.5 Å². The lowest BCUT2D eigenvalue weighted by atomic mass is 10.0.